The van der Waals surface area contributed by atoms with Crippen molar-refractivity contribution in [1.29, 1.82) is 0 Å². The van der Waals surface area contributed by atoms with Crippen LogP contribution >= 0.6 is 0 Å². The normalized spacial score (nSPS) is 23.4. The second-order valence-electron chi connectivity index (χ2n) is 7.54. The van der Waals surface area contributed by atoms with Crippen LogP contribution in [0.1, 0.15) is 51.0 Å². The van der Waals surface area contributed by atoms with Gasteiger partial charge in [0.25, 0.3) is 0 Å². The summed E-state index contributed by atoms with van der Waals surface area (Å²) < 4.78 is 0. The van der Waals surface area contributed by atoms with Crippen LogP contribution in [0.3, 0.4) is 0 Å². The lowest BCUT2D eigenvalue weighted by atomic mass is 9.90. The second kappa shape index (κ2) is 8.66. The molecule has 1 unspecified atom stereocenters. The highest BCUT2D eigenvalue weighted by molar-refractivity contribution is 5.78. The van der Waals surface area contributed by atoms with Gasteiger partial charge in [-0.2, -0.15) is 0 Å². The summed E-state index contributed by atoms with van der Waals surface area (Å²) in [6, 6.07) is 11.4. The Hall–Kier alpha value is -1.35. The van der Waals surface area contributed by atoms with E-state index in [0.717, 1.165) is 44.8 Å². The zero-order valence-electron chi connectivity index (χ0n) is 15.1. The third kappa shape index (κ3) is 4.60. The zero-order valence-corrected chi connectivity index (χ0v) is 15.1. The minimum absolute atomic E-state index is 0.355. The van der Waals surface area contributed by atoms with Crippen LogP contribution in [0.5, 0.6) is 0 Å². The maximum atomic E-state index is 12.7. The maximum absolute atomic E-state index is 12.7. The van der Waals surface area contributed by atoms with Crippen LogP contribution < -0.4 is 0 Å². The average molecular weight is 329 g/mol. The lowest BCUT2D eigenvalue weighted by Gasteiger charge is -2.38. The molecule has 2 heterocycles. The first-order valence-electron chi connectivity index (χ1n) is 9.82. The van der Waals surface area contributed by atoms with Crippen LogP contribution in [-0.2, 0) is 11.2 Å². The molecule has 0 saturated carbocycles. The van der Waals surface area contributed by atoms with Crippen LogP contribution in [0.25, 0.3) is 0 Å². The number of hydrogen-bond donors (Lipinski definition) is 0. The number of hydrogen-bond acceptors (Lipinski definition) is 2. The topological polar surface area (TPSA) is 23.6 Å². The molecule has 0 aliphatic carbocycles. The van der Waals surface area contributed by atoms with Gasteiger partial charge in [-0.3, -0.25) is 9.69 Å². The molecule has 0 radical (unpaired) electrons. The number of carbonyl (C=O) groups excluding carboxylic acids is 1. The highest BCUT2D eigenvalue weighted by Gasteiger charge is 2.27. The summed E-state index contributed by atoms with van der Waals surface area (Å²) in [6.45, 7) is 5.89. The van der Waals surface area contributed by atoms with Crippen molar-refractivity contribution < 1.29 is 4.79 Å². The van der Waals surface area contributed by atoms with E-state index in [-0.39, 0.29) is 0 Å². The van der Waals surface area contributed by atoms with E-state index in [0.29, 0.717) is 18.5 Å². The maximum Gasteiger partial charge on any atom is 0.236 e. The van der Waals surface area contributed by atoms with E-state index in [1.165, 1.54) is 31.2 Å². The van der Waals surface area contributed by atoms with Crippen LogP contribution in [0.4, 0.5) is 0 Å². The van der Waals surface area contributed by atoms with Crippen molar-refractivity contribution in [2.45, 2.75) is 57.9 Å². The number of benzene rings is 1. The molecule has 24 heavy (non-hydrogen) atoms. The monoisotopic (exact) mass is 328 g/mol. The van der Waals surface area contributed by atoms with Gasteiger partial charge in [-0.15, -0.1) is 0 Å². The molecule has 2 aliphatic heterocycles. The van der Waals surface area contributed by atoms with E-state index in [2.05, 4.69) is 47.1 Å². The summed E-state index contributed by atoms with van der Waals surface area (Å²) in [4.78, 5) is 17.2. The molecule has 3 nitrogen and oxygen atoms in total. The van der Waals surface area contributed by atoms with Crippen molar-refractivity contribution in [3.05, 3.63) is 35.9 Å². The van der Waals surface area contributed by atoms with Crippen molar-refractivity contribution in [2.24, 2.45) is 5.92 Å². The molecule has 3 rings (SSSR count). The van der Waals surface area contributed by atoms with E-state index < -0.39 is 0 Å². The van der Waals surface area contributed by atoms with Gasteiger partial charge in [-0.05, 0) is 56.6 Å². The summed E-state index contributed by atoms with van der Waals surface area (Å²) in [5.41, 5.74) is 1.43. The molecule has 0 bridgehead atoms. The smallest absolute Gasteiger partial charge is 0.236 e. The summed E-state index contributed by atoms with van der Waals surface area (Å²) in [5.74, 6) is 1.09. The van der Waals surface area contributed by atoms with E-state index in [9.17, 15) is 4.79 Å². The molecule has 1 aromatic rings. The number of rotatable bonds is 5. The van der Waals surface area contributed by atoms with Gasteiger partial charge in [-0.25, -0.2) is 0 Å². The molecule has 1 aromatic carbocycles. The third-order valence-electron chi connectivity index (χ3n) is 5.89. The molecule has 0 N–H and O–H groups in total. The Kier molecular flexibility index (Phi) is 6.30. The van der Waals surface area contributed by atoms with Crippen molar-refractivity contribution in [1.82, 2.24) is 9.80 Å². The Labute approximate surface area is 147 Å². The number of likely N-dealkylation sites (tertiary alicyclic amines) is 2. The SMILES string of the molecule is CCC1CCCCN1CC(=O)N1CCC(Cc2ccccc2)CC1. The number of amides is 1. The fraction of sp³-hybridized carbons (Fsp3) is 0.667. The Morgan fingerprint density at radius 1 is 1.04 bits per heavy atom. The van der Waals surface area contributed by atoms with Gasteiger partial charge in [0, 0.05) is 19.1 Å². The predicted octanol–water partition coefficient (Wildman–Crippen LogP) is 3.73. The van der Waals surface area contributed by atoms with Crippen LogP contribution in [0.15, 0.2) is 30.3 Å². The Morgan fingerprint density at radius 2 is 1.79 bits per heavy atom. The molecule has 1 atom stereocenters. The Morgan fingerprint density at radius 3 is 2.50 bits per heavy atom. The van der Waals surface area contributed by atoms with Crippen molar-refractivity contribution in [2.75, 3.05) is 26.2 Å². The minimum atomic E-state index is 0.355. The molecular formula is C21H32N2O. The highest BCUT2D eigenvalue weighted by atomic mass is 16.2. The molecule has 2 aliphatic rings. The van der Waals surface area contributed by atoms with Gasteiger partial charge in [-0.1, -0.05) is 43.7 Å². The first kappa shape index (κ1) is 17.5. The largest absolute Gasteiger partial charge is 0.342 e. The average Bonchev–Trinajstić information content (AvgIpc) is 2.63. The fourth-order valence-electron chi connectivity index (χ4n) is 4.34. The van der Waals surface area contributed by atoms with E-state index in [1.54, 1.807) is 0 Å². The van der Waals surface area contributed by atoms with Crippen molar-refractivity contribution in [3.63, 3.8) is 0 Å². The highest BCUT2D eigenvalue weighted by Crippen LogP contribution is 2.23. The number of piperidine rings is 2. The quantitative estimate of drug-likeness (QED) is 0.822. The van der Waals surface area contributed by atoms with Gasteiger partial charge < -0.3 is 4.90 Å². The molecule has 0 spiro atoms. The van der Waals surface area contributed by atoms with Crippen LogP contribution in [0, 0.1) is 5.92 Å². The lowest BCUT2D eigenvalue weighted by Crippen LogP contribution is -2.48. The van der Waals surface area contributed by atoms with E-state index in [4.69, 9.17) is 0 Å². The third-order valence-corrected chi connectivity index (χ3v) is 5.89. The van der Waals surface area contributed by atoms with E-state index >= 15 is 0 Å². The summed E-state index contributed by atoms with van der Waals surface area (Å²) in [7, 11) is 0. The molecule has 0 aromatic heterocycles. The van der Waals surface area contributed by atoms with Crippen LogP contribution in [-0.4, -0.2) is 47.9 Å². The number of nitrogens with zero attached hydrogens (tertiary/aromatic N) is 2. The molecule has 1 amide bonds. The molecule has 132 valence electrons. The van der Waals surface area contributed by atoms with Gasteiger partial charge in [0.15, 0.2) is 0 Å². The molecule has 2 fully saturated rings. The summed E-state index contributed by atoms with van der Waals surface area (Å²) >= 11 is 0. The molecule has 2 saturated heterocycles. The molecule has 3 heteroatoms. The summed E-state index contributed by atoms with van der Waals surface area (Å²) in [6.07, 6.45) is 8.48. The minimum Gasteiger partial charge on any atom is -0.342 e. The van der Waals surface area contributed by atoms with Gasteiger partial charge >= 0.3 is 0 Å². The van der Waals surface area contributed by atoms with Crippen molar-refractivity contribution >= 4 is 5.91 Å². The Balaban J connectivity index is 1.45. The van der Waals surface area contributed by atoms with Crippen molar-refractivity contribution in [3.8, 4) is 0 Å². The van der Waals surface area contributed by atoms with Gasteiger partial charge in [0.2, 0.25) is 5.91 Å². The summed E-state index contributed by atoms with van der Waals surface area (Å²) in [5, 5.41) is 0. The second-order valence-corrected chi connectivity index (χ2v) is 7.54. The fourth-order valence-corrected chi connectivity index (χ4v) is 4.34. The first-order valence-corrected chi connectivity index (χ1v) is 9.82. The predicted molar refractivity (Wildman–Crippen MR) is 99.0 cm³/mol. The zero-order chi connectivity index (χ0) is 16.8. The van der Waals surface area contributed by atoms with Crippen LogP contribution in [0.2, 0.25) is 0 Å². The standard InChI is InChI=1S/C21H32N2O/c1-2-20-10-6-7-13-23(20)17-21(24)22-14-11-19(12-15-22)16-18-8-4-3-5-9-18/h3-5,8-9,19-20H,2,6-7,10-17H2,1H3. The van der Waals surface area contributed by atoms with Gasteiger partial charge in [0.1, 0.15) is 0 Å². The lowest BCUT2D eigenvalue weighted by molar-refractivity contribution is -0.134. The first-order chi connectivity index (χ1) is 11.8. The Bertz CT molecular complexity index is 508. The van der Waals surface area contributed by atoms with E-state index in [1.807, 2.05) is 0 Å². The number of carbonyl (C=O) groups is 1. The molecular weight excluding hydrogens is 296 g/mol. The van der Waals surface area contributed by atoms with Gasteiger partial charge in [0.05, 0.1) is 6.54 Å².